The standard InChI is InChI=1S/C38H72N2O12.C4H4O4.H2O/c1-15-27-38(10,46)31(42)24(6)40(13)19-20(2)17-36(8,45)33(52-35-29(41)26(39(11)12)16-21(3)48-35)22(4)30(23(5)34(44)50-27)51-28-18-37(9,47-14)32(43)25(7)49-28;5-3(6)1-2-4(7)8;/h20-33,35,41-43,45-46H,15-19H2,1-14H3;1-2H,(H,5,6)(H,7,8);1H2/b;2-1+;/t20-,21-,22+,23-,24-,25+,26+,27-,28+,29-,30+,31-,32+,33-,35+,36-,37-,38-;;/m1../s1. The summed E-state index contributed by atoms with van der Waals surface area (Å²) in [4.78, 5) is 37.2. The molecule has 3 aliphatic heterocycles. The molecule has 0 saturated carbocycles. The molecule has 0 spiro atoms. The van der Waals surface area contributed by atoms with E-state index >= 15 is 0 Å². The zero-order valence-electron chi connectivity index (χ0n) is 38.5. The second-order valence-electron chi connectivity index (χ2n) is 18.2. The highest BCUT2D eigenvalue weighted by Crippen LogP contribution is 2.40. The number of aliphatic hydroxyl groups is 5. The van der Waals surface area contributed by atoms with E-state index in [4.69, 9.17) is 38.6 Å². The van der Waals surface area contributed by atoms with Gasteiger partial charge >= 0.3 is 17.9 Å². The minimum absolute atomic E-state index is 0. The lowest BCUT2D eigenvalue weighted by molar-refractivity contribution is -0.318. The molecule has 9 N–H and O–H groups in total. The number of hydrogen-bond acceptors (Lipinski definition) is 16. The number of nitrogens with zero attached hydrogens (tertiary/aromatic N) is 2. The molecule has 0 radical (unpaired) electrons. The number of esters is 1. The smallest absolute Gasteiger partial charge is 0.328 e. The molecule has 61 heavy (non-hydrogen) atoms. The summed E-state index contributed by atoms with van der Waals surface area (Å²) in [6, 6.07) is -0.808. The van der Waals surface area contributed by atoms with Gasteiger partial charge in [0.1, 0.15) is 30.0 Å². The second kappa shape index (κ2) is 23.5. The van der Waals surface area contributed by atoms with Crippen molar-refractivity contribution in [2.75, 3.05) is 34.8 Å². The van der Waals surface area contributed by atoms with Crippen LogP contribution in [0.5, 0.6) is 0 Å². The van der Waals surface area contributed by atoms with Crippen LogP contribution in [0.1, 0.15) is 94.9 Å². The summed E-state index contributed by atoms with van der Waals surface area (Å²) < 4.78 is 37.5. The molecule has 0 aliphatic carbocycles. The van der Waals surface area contributed by atoms with Crippen molar-refractivity contribution in [1.82, 2.24) is 9.80 Å². The fourth-order valence-corrected chi connectivity index (χ4v) is 8.88. The molecule has 3 rings (SSSR count). The molecular weight excluding hydrogens is 804 g/mol. The van der Waals surface area contributed by atoms with Crippen LogP contribution in [-0.4, -0.2) is 194 Å². The summed E-state index contributed by atoms with van der Waals surface area (Å²) in [7, 11) is 7.12. The highest BCUT2D eigenvalue weighted by Gasteiger charge is 2.52. The summed E-state index contributed by atoms with van der Waals surface area (Å²) in [5.74, 6) is -5.10. The van der Waals surface area contributed by atoms with Crippen molar-refractivity contribution in [1.29, 1.82) is 0 Å². The van der Waals surface area contributed by atoms with E-state index < -0.39 is 108 Å². The number of cyclic esters (lactones) is 1. The third kappa shape index (κ3) is 14.8. The number of rotatable bonds is 9. The fraction of sp³-hybridized carbons (Fsp3) is 0.881. The topological polar surface area (TPSA) is 286 Å². The summed E-state index contributed by atoms with van der Waals surface area (Å²) >= 11 is 0. The van der Waals surface area contributed by atoms with Gasteiger partial charge in [-0.15, -0.1) is 0 Å². The number of carboxylic acids is 2. The Bertz CT molecular complexity index is 1400. The molecule has 3 aliphatic rings. The molecule has 19 nitrogen and oxygen atoms in total. The van der Waals surface area contributed by atoms with Gasteiger partial charge in [-0.1, -0.05) is 20.8 Å². The van der Waals surface area contributed by atoms with E-state index in [-0.39, 0.29) is 42.8 Å². The zero-order valence-corrected chi connectivity index (χ0v) is 38.5. The Morgan fingerprint density at radius 3 is 1.97 bits per heavy atom. The highest BCUT2D eigenvalue weighted by molar-refractivity contribution is 5.89. The molecular formula is C42H78N2O17. The average Bonchev–Trinajstić information content (AvgIpc) is 3.15. The van der Waals surface area contributed by atoms with Crippen LogP contribution in [0.3, 0.4) is 0 Å². The predicted molar refractivity (Wildman–Crippen MR) is 222 cm³/mol. The minimum atomic E-state index is -1.80. The molecule has 0 amide bonds. The first-order valence-corrected chi connectivity index (χ1v) is 20.9. The molecule has 18 atom stereocenters. The number of ether oxygens (including phenoxy) is 6. The van der Waals surface area contributed by atoms with Gasteiger partial charge in [-0.3, -0.25) is 4.79 Å². The van der Waals surface area contributed by atoms with Crippen LogP contribution in [0.2, 0.25) is 0 Å². The highest BCUT2D eigenvalue weighted by atomic mass is 16.7. The summed E-state index contributed by atoms with van der Waals surface area (Å²) in [5.41, 5.74) is -4.37. The van der Waals surface area contributed by atoms with Crippen molar-refractivity contribution in [2.45, 2.75) is 185 Å². The van der Waals surface area contributed by atoms with Gasteiger partial charge < -0.3 is 79.4 Å². The number of carbonyl (C=O) groups is 3. The largest absolute Gasteiger partial charge is 0.478 e. The van der Waals surface area contributed by atoms with Crippen molar-refractivity contribution in [3.8, 4) is 0 Å². The number of likely N-dealkylation sites (N-methyl/N-ethyl adjacent to an activating group) is 2. The lowest BCUT2D eigenvalue weighted by Gasteiger charge is -2.48. The Hall–Kier alpha value is -2.37. The molecule has 0 aromatic carbocycles. The number of aliphatic hydroxyl groups excluding tert-OH is 3. The Morgan fingerprint density at radius 1 is 0.918 bits per heavy atom. The van der Waals surface area contributed by atoms with Crippen molar-refractivity contribution in [2.24, 2.45) is 17.8 Å². The molecule has 358 valence electrons. The molecule has 3 heterocycles. The molecule has 3 saturated heterocycles. The van der Waals surface area contributed by atoms with Crippen LogP contribution in [-0.2, 0) is 42.8 Å². The van der Waals surface area contributed by atoms with Crippen LogP contribution < -0.4 is 0 Å². The fourth-order valence-electron chi connectivity index (χ4n) is 8.88. The van der Waals surface area contributed by atoms with E-state index in [1.807, 2.05) is 51.7 Å². The van der Waals surface area contributed by atoms with Crippen LogP contribution in [0.4, 0.5) is 0 Å². The van der Waals surface area contributed by atoms with Crippen LogP contribution >= 0.6 is 0 Å². The van der Waals surface area contributed by atoms with Crippen molar-refractivity contribution in [3.63, 3.8) is 0 Å². The molecule has 3 fully saturated rings. The predicted octanol–water partition coefficient (Wildman–Crippen LogP) is 0.788. The minimum Gasteiger partial charge on any atom is -0.478 e. The lowest BCUT2D eigenvalue weighted by Crippen LogP contribution is -2.60. The van der Waals surface area contributed by atoms with Crippen molar-refractivity contribution < 1.29 is 84.0 Å². The van der Waals surface area contributed by atoms with E-state index in [9.17, 15) is 39.9 Å². The zero-order chi connectivity index (χ0) is 46.2. The molecule has 0 aromatic heterocycles. The van der Waals surface area contributed by atoms with Crippen LogP contribution in [0, 0.1) is 17.8 Å². The maximum absolute atomic E-state index is 14.2. The van der Waals surface area contributed by atoms with Gasteiger partial charge in [0.05, 0.1) is 41.5 Å². The first kappa shape index (κ1) is 56.6. The van der Waals surface area contributed by atoms with Gasteiger partial charge in [-0.05, 0) is 94.8 Å². The van der Waals surface area contributed by atoms with Gasteiger partial charge in [0, 0.05) is 50.2 Å². The maximum Gasteiger partial charge on any atom is 0.328 e. The first-order valence-electron chi connectivity index (χ1n) is 20.9. The molecule has 0 aromatic rings. The first-order chi connectivity index (χ1) is 27.5. The number of carboxylic acid groups (broad SMARTS) is 2. The number of methoxy groups -OCH3 is 1. The summed E-state index contributed by atoms with van der Waals surface area (Å²) in [5, 5.41) is 73.8. The van der Waals surface area contributed by atoms with E-state index in [1.165, 1.54) is 14.0 Å². The molecule has 0 bridgehead atoms. The normalized spacial score (nSPS) is 43.5. The Labute approximate surface area is 361 Å². The lowest BCUT2D eigenvalue weighted by atomic mass is 9.77. The summed E-state index contributed by atoms with van der Waals surface area (Å²) in [6.45, 7) is 18.0. The third-order valence-corrected chi connectivity index (χ3v) is 12.6. The van der Waals surface area contributed by atoms with Crippen molar-refractivity contribution >= 4 is 17.9 Å². The Morgan fingerprint density at radius 2 is 1.48 bits per heavy atom. The van der Waals surface area contributed by atoms with Crippen LogP contribution in [0.25, 0.3) is 0 Å². The van der Waals surface area contributed by atoms with Gasteiger partial charge in [0.15, 0.2) is 12.6 Å². The van der Waals surface area contributed by atoms with Gasteiger partial charge in [-0.25, -0.2) is 9.59 Å². The quantitative estimate of drug-likeness (QED) is 0.124. The second-order valence-corrected chi connectivity index (χ2v) is 18.2. The summed E-state index contributed by atoms with van der Waals surface area (Å²) in [6.07, 6.45) is -7.07. The number of aliphatic carboxylic acids is 2. The van der Waals surface area contributed by atoms with Gasteiger partial charge in [0.25, 0.3) is 0 Å². The van der Waals surface area contributed by atoms with Gasteiger partial charge in [0.2, 0.25) is 0 Å². The third-order valence-electron chi connectivity index (χ3n) is 12.6. The number of carbonyl (C=O) groups excluding carboxylic acids is 1. The van der Waals surface area contributed by atoms with E-state index in [1.54, 1.807) is 41.5 Å². The van der Waals surface area contributed by atoms with Crippen LogP contribution in [0.15, 0.2) is 12.2 Å². The Kier molecular flexibility index (Phi) is 21.8. The molecule has 19 heteroatoms. The average molecular weight is 883 g/mol. The number of hydrogen-bond donors (Lipinski definition) is 7. The SMILES string of the molecule is CC[C@H]1OC(=O)[C@H](C)[C@@H](O[C@H]2C[C@@](C)(OC)[C@@H](O)[C@H](C)O2)[C@H](C)[C@@H](O[C@@H]2O[C@H](C)C[C@H](N(C)C)[C@H]2O)[C@](C)(O)C[C@@H](C)CN(C)[C@H](C)[C@@H](O)[C@]1(C)O.O.O=C(O)/C=C/C(=O)O. The van der Waals surface area contributed by atoms with E-state index in [2.05, 4.69) is 0 Å². The maximum atomic E-state index is 14.2. The van der Waals surface area contributed by atoms with E-state index in [0.29, 0.717) is 25.1 Å². The van der Waals surface area contributed by atoms with Crippen molar-refractivity contribution in [3.05, 3.63) is 12.2 Å². The van der Waals surface area contributed by atoms with E-state index in [0.717, 1.165) is 0 Å². The Balaban J connectivity index is 0.00000187. The monoisotopic (exact) mass is 883 g/mol. The van der Waals surface area contributed by atoms with Gasteiger partial charge in [-0.2, -0.15) is 0 Å². The molecule has 0 unspecified atom stereocenters.